The van der Waals surface area contributed by atoms with E-state index in [4.69, 9.17) is 10.8 Å². The highest BCUT2D eigenvalue weighted by Gasteiger charge is 2.12. The predicted molar refractivity (Wildman–Crippen MR) is 104 cm³/mol. The maximum absolute atomic E-state index is 10.6. The Morgan fingerprint density at radius 2 is 2.15 bits per heavy atom. The van der Waals surface area contributed by atoms with Crippen LogP contribution in [0.5, 0.6) is 0 Å². The van der Waals surface area contributed by atoms with Crippen LogP contribution in [-0.2, 0) is 4.79 Å². The van der Waals surface area contributed by atoms with Gasteiger partial charge in [-0.2, -0.15) is 5.10 Å². The summed E-state index contributed by atoms with van der Waals surface area (Å²) in [5.74, 6) is 5.79. The second kappa shape index (κ2) is 6.84. The number of carboxylic acids is 1. The van der Waals surface area contributed by atoms with Crippen molar-refractivity contribution in [3.05, 3.63) is 42.2 Å². The fourth-order valence-electron chi connectivity index (χ4n) is 3.09. The summed E-state index contributed by atoms with van der Waals surface area (Å²) in [6.07, 6.45) is 4.76. The van der Waals surface area contributed by atoms with Gasteiger partial charge >= 0.3 is 5.97 Å². The summed E-state index contributed by atoms with van der Waals surface area (Å²) in [6.45, 7) is 0. The normalized spacial score (nSPS) is 10.8. The number of anilines is 1. The molecule has 0 saturated carbocycles. The van der Waals surface area contributed by atoms with Crippen molar-refractivity contribution >= 4 is 33.7 Å². The number of aliphatic carboxylic acids is 1. The fraction of sp³-hybridized carbons (Fsp3) is 0.150. The molecule has 0 amide bonds. The lowest BCUT2D eigenvalue weighted by atomic mass is 9.99. The van der Waals surface area contributed by atoms with Gasteiger partial charge in [0.1, 0.15) is 5.65 Å². The molecule has 4 rings (SSSR count). The van der Waals surface area contributed by atoms with Crippen LogP contribution >= 0.6 is 0 Å². The average Bonchev–Trinajstić information content (AvgIpc) is 3.28. The van der Waals surface area contributed by atoms with E-state index in [0.717, 1.165) is 38.6 Å². The van der Waals surface area contributed by atoms with E-state index >= 15 is 0 Å². The molecule has 0 spiro atoms. The van der Waals surface area contributed by atoms with E-state index in [1.54, 1.807) is 6.20 Å². The zero-order chi connectivity index (χ0) is 18.8. The zero-order valence-corrected chi connectivity index (χ0v) is 14.4. The molecule has 3 aromatic heterocycles. The van der Waals surface area contributed by atoms with Crippen LogP contribution in [0, 0.1) is 11.8 Å². The fourth-order valence-corrected chi connectivity index (χ4v) is 3.09. The third-order valence-electron chi connectivity index (χ3n) is 4.39. The molecule has 134 valence electrons. The Hall–Kier alpha value is -3.79. The first kappa shape index (κ1) is 16.7. The van der Waals surface area contributed by atoms with Crippen LogP contribution in [0.4, 0.5) is 5.82 Å². The number of nitrogens with two attached hydrogens (primary N) is 1. The predicted octanol–water partition coefficient (Wildman–Crippen LogP) is 3.29. The number of H-pyrrole nitrogens is 2. The number of benzene rings is 1. The van der Waals surface area contributed by atoms with E-state index < -0.39 is 5.97 Å². The van der Waals surface area contributed by atoms with Gasteiger partial charge < -0.3 is 15.8 Å². The van der Waals surface area contributed by atoms with Crippen LogP contribution in [0.1, 0.15) is 24.8 Å². The van der Waals surface area contributed by atoms with E-state index in [1.807, 2.05) is 30.5 Å². The maximum atomic E-state index is 10.6. The highest BCUT2D eigenvalue weighted by molar-refractivity contribution is 6.00. The second-order valence-electron chi connectivity index (χ2n) is 6.20. The van der Waals surface area contributed by atoms with Crippen LogP contribution in [0.25, 0.3) is 33.1 Å². The van der Waals surface area contributed by atoms with Crippen LogP contribution in [0.2, 0.25) is 0 Å². The first-order valence-corrected chi connectivity index (χ1v) is 8.54. The van der Waals surface area contributed by atoms with Crippen LogP contribution in [0.15, 0.2) is 36.7 Å². The molecule has 7 nitrogen and oxygen atoms in total. The molecule has 0 atom stereocenters. The number of hydrogen-bond donors (Lipinski definition) is 4. The molecule has 3 heterocycles. The van der Waals surface area contributed by atoms with Crippen LogP contribution in [0.3, 0.4) is 0 Å². The number of hydrogen-bond acceptors (Lipinski definition) is 4. The van der Waals surface area contributed by atoms with Crippen molar-refractivity contribution in [2.45, 2.75) is 19.3 Å². The molecule has 0 aliphatic rings. The number of unbranched alkanes of at least 4 members (excludes halogenated alkanes) is 1. The highest BCUT2D eigenvalue weighted by atomic mass is 16.4. The smallest absolute Gasteiger partial charge is 0.303 e. The van der Waals surface area contributed by atoms with Gasteiger partial charge in [0, 0.05) is 36.0 Å². The monoisotopic (exact) mass is 359 g/mol. The zero-order valence-electron chi connectivity index (χ0n) is 14.4. The van der Waals surface area contributed by atoms with Crippen molar-refractivity contribution in [2.24, 2.45) is 0 Å². The minimum absolute atomic E-state index is 0.115. The Labute approximate surface area is 154 Å². The Kier molecular flexibility index (Phi) is 4.22. The highest BCUT2D eigenvalue weighted by Crippen LogP contribution is 2.32. The molecule has 4 aromatic rings. The quantitative estimate of drug-likeness (QED) is 0.329. The number of fused-ring (bicyclic) bond motifs is 2. The summed E-state index contributed by atoms with van der Waals surface area (Å²) in [5, 5.41) is 17.6. The number of nitrogen functional groups attached to an aromatic ring is 1. The molecular weight excluding hydrogens is 342 g/mol. The first-order valence-electron chi connectivity index (χ1n) is 8.54. The molecule has 0 unspecified atom stereocenters. The largest absolute Gasteiger partial charge is 0.481 e. The number of rotatable bonds is 4. The summed E-state index contributed by atoms with van der Waals surface area (Å²) < 4.78 is 0. The van der Waals surface area contributed by atoms with Gasteiger partial charge in [0.25, 0.3) is 0 Å². The lowest BCUT2D eigenvalue weighted by Crippen LogP contribution is -1.92. The van der Waals surface area contributed by atoms with Crippen molar-refractivity contribution in [1.82, 2.24) is 20.2 Å². The van der Waals surface area contributed by atoms with Crippen molar-refractivity contribution in [3.8, 4) is 23.0 Å². The minimum atomic E-state index is -0.810. The second-order valence-corrected chi connectivity index (χ2v) is 6.20. The first-order chi connectivity index (χ1) is 13.1. The van der Waals surface area contributed by atoms with E-state index in [9.17, 15) is 4.79 Å². The van der Waals surface area contributed by atoms with Crippen LogP contribution in [-0.4, -0.2) is 31.2 Å². The standard InChI is InChI=1S/C20H17N5O2/c21-19-16-11-13(14-6-8-22-20-15(14)7-9-23-20)10-12(18(16)24-25-19)4-2-1-3-5-17(26)27/h6-11H,1,3,5H2,(H,22,23)(H,26,27)(H3,21,24,25). The van der Waals surface area contributed by atoms with Gasteiger partial charge in [0.15, 0.2) is 5.82 Å². The van der Waals surface area contributed by atoms with Gasteiger partial charge in [-0.25, -0.2) is 4.98 Å². The SMILES string of the molecule is Nc1n[nH]c2c(C#CCCCC(=O)O)cc(-c3ccnc4[nH]ccc34)cc12. The lowest BCUT2D eigenvalue weighted by molar-refractivity contribution is -0.137. The maximum Gasteiger partial charge on any atom is 0.303 e. The number of carbonyl (C=O) groups is 1. The number of aromatic nitrogens is 4. The third-order valence-corrected chi connectivity index (χ3v) is 4.39. The van der Waals surface area contributed by atoms with Crippen molar-refractivity contribution < 1.29 is 9.90 Å². The third kappa shape index (κ3) is 3.20. The van der Waals surface area contributed by atoms with Crippen molar-refractivity contribution in [1.29, 1.82) is 0 Å². The molecular formula is C20H17N5O2. The van der Waals surface area contributed by atoms with E-state index in [0.29, 0.717) is 18.7 Å². The Morgan fingerprint density at radius 1 is 1.26 bits per heavy atom. The molecule has 27 heavy (non-hydrogen) atoms. The van der Waals surface area contributed by atoms with Gasteiger partial charge in [-0.05, 0) is 41.8 Å². The molecule has 0 fully saturated rings. The Balaban J connectivity index is 1.79. The molecule has 0 saturated heterocycles. The summed E-state index contributed by atoms with van der Waals surface area (Å²) in [5.41, 5.74) is 10.4. The number of nitrogens with zero attached hydrogens (tertiary/aromatic N) is 2. The number of nitrogens with one attached hydrogen (secondary N) is 2. The van der Waals surface area contributed by atoms with E-state index in [-0.39, 0.29) is 6.42 Å². The molecule has 5 N–H and O–H groups in total. The van der Waals surface area contributed by atoms with Gasteiger partial charge in [0.2, 0.25) is 0 Å². The van der Waals surface area contributed by atoms with Gasteiger partial charge in [-0.15, -0.1) is 0 Å². The summed E-state index contributed by atoms with van der Waals surface area (Å²) in [7, 11) is 0. The molecule has 0 aliphatic carbocycles. The molecule has 0 radical (unpaired) electrons. The van der Waals surface area contributed by atoms with Gasteiger partial charge in [-0.1, -0.05) is 11.8 Å². The minimum Gasteiger partial charge on any atom is -0.481 e. The van der Waals surface area contributed by atoms with Crippen molar-refractivity contribution in [2.75, 3.05) is 5.73 Å². The topological polar surface area (TPSA) is 121 Å². The van der Waals surface area contributed by atoms with Gasteiger partial charge in [0.05, 0.1) is 11.1 Å². The number of carboxylic acid groups (broad SMARTS) is 1. The van der Waals surface area contributed by atoms with Gasteiger partial charge in [-0.3, -0.25) is 9.89 Å². The van der Waals surface area contributed by atoms with Crippen molar-refractivity contribution in [3.63, 3.8) is 0 Å². The molecule has 7 heteroatoms. The summed E-state index contributed by atoms with van der Waals surface area (Å²) in [6, 6.07) is 7.92. The average molecular weight is 359 g/mol. The Bertz CT molecular complexity index is 1210. The van der Waals surface area contributed by atoms with E-state index in [1.165, 1.54) is 0 Å². The number of pyridine rings is 1. The van der Waals surface area contributed by atoms with E-state index in [2.05, 4.69) is 32.0 Å². The van der Waals surface area contributed by atoms with Crippen LogP contribution < -0.4 is 5.73 Å². The molecule has 1 aromatic carbocycles. The summed E-state index contributed by atoms with van der Waals surface area (Å²) in [4.78, 5) is 18.1. The molecule has 0 aliphatic heterocycles. The summed E-state index contributed by atoms with van der Waals surface area (Å²) >= 11 is 0. The lowest BCUT2D eigenvalue weighted by Gasteiger charge is -2.06. The number of aromatic amines is 2. The molecule has 0 bridgehead atoms. The Morgan fingerprint density at radius 3 is 3.00 bits per heavy atom.